The molecule has 0 radical (unpaired) electrons. The zero-order valence-corrected chi connectivity index (χ0v) is 63.1. The number of amides is 1. The van der Waals surface area contributed by atoms with Crippen LogP contribution in [0.5, 0.6) is 0 Å². The molecule has 0 bridgehead atoms. The van der Waals surface area contributed by atoms with Crippen molar-refractivity contribution in [3.05, 3.63) is 48.6 Å². The van der Waals surface area contributed by atoms with Crippen LogP contribution in [-0.2, 0) is 23.8 Å². The molecule has 1 aliphatic rings. The normalized spacial score (nSPS) is 17.5. The van der Waals surface area contributed by atoms with E-state index in [1.165, 1.54) is 327 Å². The molecule has 1 heterocycles. The van der Waals surface area contributed by atoms with Crippen molar-refractivity contribution in [1.29, 1.82) is 0 Å². The maximum Gasteiger partial charge on any atom is 0.305 e. The summed E-state index contributed by atoms with van der Waals surface area (Å²) < 4.78 is 16.8. The van der Waals surface area contributed by atoms with Crippen LogP contribution in [-0.4, -0.2) is 100 Å². The van der Waals surface area contributed by atoms with E-state index in [-0.39, 0.29) is 18.5 Å². The molecule has 0 saturated carbocycles. The van der Waals surface area contributed by atoms with E-state index in [2.05, 4.69) is 55.6 Å². The molecule has 7 atom stereocenters. The van der Waals surface area contributed by atoms with Gasteiger partial charge in [-0.15, -0.1) is 0 Å². The lowest BCUT2D eigenvalue weighted by atomic mass is 9.99. The summed E-state index contributed by atoms with van der Waals surface area (Å²) in [5.74, 6) is -0.169. The van der Waals surface area contributed by atoms with Crippen LogP contribution in [0.25, 0.3) is 0 Å². The van der Waals surface area contributed by atoms with E-state index in [9.17, 15) is 35.1 Å². The molecule has 0 aromatic rings. The van der Waals surface area contributed by atoms with Crippen LogP contribution < -0.4 is 5.32 Å². The topological polar surface area (TPSA) is 175 Å². The Hall–Kier alpha value is -2.38. The molecule has 1 fully saturated rings. The van der Waals surface area contributed by atoms with E-state index in [4.69, 9.17) is 14.2 Å². The fourth-order valence-corrected chi connectivity index (χ4v) is 13.3. The summed E-state index contributed by atoms with van der Waals surface area (Å²) in [7, 11) is 0. The first kappa shape index (κ1) is 91.6. The van der Waals surface area contributed by atoms with Gasteiger partial charge in [0, 0.05) is 12.8 Å². The van der Waals surface area contributed by atoms with Crippen molar-refractivity contribution in [3.63, 3.8) is 0 Å². The minimum atomic E-state index is -1.57. The van der Waals surface area contributed by atoms with Gasteiger partial charge in [-0.25, -0.2) is 0 Å². The number of allylic oxidation sites excluding steroid dienone is 7. The largest absolute Gasteiger partial charge is 0.466 e. The van der Waals surface area contributed by atoms with Gasteiger partial charge in [-0.05, 0) is 89.9 Å². The van der Waals surface area contributed by atoms with Crippen LogP contribution in [0.4, 0.5) is 0 Å². The molecular formula is C85H159NO10. The summed E-state index contributed by atoms with van der Waals surface area (Å²) in [5, 5.41) is 54.6. The highest BCUT2D eigenvalue weighted by atomic mass is 16.7. The number of hydrogen-bond donors (Lipinski definition) is 6. The van der Waals surface area contributed by atoms with Crippen molar-refractivity contribution >= 4 is 11.9 Å². The highest BCUT2D eigenvalue weighted by Gasteiger charge is 2.44. The van der Waals surface area contributed by atoms with Crippen LogP contribution in [0.15, 0.2) is 48.6 Å². The number of nitrogens with one attached hydrogen (secondary N) is 1. The van der Waals surface area contributed by atoms with Crippen molar-refractivity contribution in [3.8, 4) is 0 Å². The van der Waals surface area contributed by atoms with Crippen molar-refractivity contribution < 1.29 is 49.3 Å². The maximum atomic E-state index is 13.1. The third-order valence-electron chi connectivity index (χ3n) is 19.9. The molecule has 0 aromatic heterocycles. The zero-order valence-electron chi connectivity index (χ0n) is 63.1. The Morgan fingerprint density at radius 3 is 1.06 bits per heavy atom. The van der Waals surface area contributed by atoms with E-state index in [0.717, 1.165) is 64.2 Å². The van der Waals surface area contributed by atoms with Crippen molar-refractivity contribution in [2.75, 3.05) is 19.8 Å². The minimum absolute atomic E-state index is 0.00718. The van der Waals surface area contributed by atoms with E-state index in [1.807, 2.05) is 6.08 Å². The first-order chi connectivity index (χ1) is 47.2. The van der Waals surface area contributed by atoms with E-state index < -0.39 is 49.5 Å². The first-order valence-corrected chi connectivity index (χ1v) is 41.9. The summed E-state index contributed by atoms with van der Waals surface area (Å²) in [6.45, 7) is 4.39. The Morgan fingerprint density at radius 1 is 0.385 bits per heavy atom. The number of aliphatic hydroxyl groups is 5. The molecule has 564 valence electrons. The predicted molar refractivity (Wildman–Crippen MR) is 407 cm³/mol. The predicted octanol–water partition coefficient (Wildman–Crippen LogP) is 23.0. The van der Waals surface area contributed by atoms with Crippen molar-refractivity contribution in [2.24, 2.45) is 0 Å². The van der Waals surface area contributed by atoms with Gasteiger partial charge in [-0.3, -0.25) is 9.59 Å². The smallest absolute Gasteiger partial charge is 0.305 e. The molecule has 6 N–H and O–H groups in total. The molecule has 0 aromatic carbocycles. The Kier molecular flexibility index (Phi) is 70.5. The summed E-state index contributed by atoms with van der Waals surface area (Å²) in [5.41, 5.74) is 0. The van der Waals surface area contributed by atoms with Gasteiger partial charge < -0.3 is 45.1 Å². The van der Waals surface area contributed by atoms with Gasteiger partial charge in [0.05, 0.1) is 32.0 Å². The van der Waals surface area contributed by atoms with Crippen LogP contribution in [0.1, 0.15) is 418 Å². The van der Waals surface area contributed by atoms with Gasteiger partial charge >= 0.3 is 5.97 Å². The average Bonchev–Trinajstić information content (AvgIpc) is 1.06. The number of unbranched alkanes of at least 4 members (excludes halogenated alkanes) is 55. The van der Waals surface area contributed by atoms with Gasteiger partial charge in [0.25, 0.3) is 0 Å². The lowest BCUT2D eigenvalue weighted by Gasteiger charge is -2.40. The molecule has 0 spiro atoms. The average molecular weight is 1360 g/mol. The fraction of sp³-hybridized carbons (Fsp3) is 0.882. The SMILES string of the molecule is CCCCCCCC/C=C\CCCCCCCC(=O)OCCCCCCCCCCCCCCCCC/C=C\C/C=C\CCCCCCCCCCCCCCCCCCCC(=O)NC(COC1OC(CO)C(O)C(O)C1O)C(O)/C=C/CCCCCCCCCCCCCC. The van der Waals surface area contributed by atoms with Gasteiger partial charge in [0.15, 0.2) is 6.29 Å². The number of ether oxygens (including phenoxy) is 3. The molecule has 96 heavy (non-hydrogen) atoms. The Bertz CT molecular complexity index is 1740. The number of esters is 1. The number of carbonyl (C=O) groups excluding carboxylic acids is 2. The van der Waals surface area contributed by atoms with E-state index in [0.29, 0.717) is 19.4 Å². The second-order valence-corrected chi connectivity index (χ2v) is 29.2. The van der Waals surface area contributed by atoms with Crippen LogP contribution in [0.2, 0.25) is 0 Å². The minimum Gasteiger partial charge on any atom is -0.466 e. The molecule has 0 aliphatic carbocycles. The lowest BCUT2D eigenvalue weighted by molar-refractivity contribution is -0.302. The molecule has 1 saturated heterocycles. The Labute approximate surface area is 593 Å². The molecule has 11 heteroatoms. The van der Waals surface area contributed by atoms with Gasteiger partial charge in [-0.2, -0.15) is 0 Å². The number of aliphatic hydroxyl groups excluding tert-OH is 5. The van der Waals surface area contributed by atoms with Crippen molar-refractivity contribution in [1.82, 2.24) is 5.32 Å². The third-order valence-corrected chi connectivity index (χ3v) is 19.9. The van der Waals surface area contributed by atoms with Gasteiger partial charge in [0.2, 0.25) is 5.91 Å². The van der Waals surface area contributed by atoms with E-state index in [1.54, 1.807) is 6.08 Å². The first-order valence-electron chi connectivity index (χ1n) is 41.9. The summed E-state index contributed by atoms with van der Waals surface area (Å²) in [6.07, 6.45) is 88.6. The monoisotopic (exact) mass is 1350 g/mol. The summed E-state index contributed by atoms with van der Waals surface area (Å²) in [4.78, 5) is 25.2. The van der Waals surface area contributed by atoms with Crippen LogP contribution in [0.3, 0.4) is 0 Å². The quantitative estimate of drug-likeness (QED) is 0.0195. The molecule has 7 unspecified atom stereocenters. The van der Waals surface area contributed by atoms with Gasteiger partial charge in [-0.1, -0.05) is 364 Å². The second kappa shape index (κ2) is 73.8. The second-order valence-electron chi connectivity index (χ2n) is 29.2. The highest BCUT2D eigenvalue weighted by molar-refractivity contribution is 5.76. The Balaban J connectivity index is 1.90. The summed E-state index contributed by atoms with van der Waals surface area (Å²) in [6, 6.07) is -0.808. The maximum absolute atomic E-state index is 13.1. The van der Waals surface area contributed by atoms with Crippen LogP contribution >= 0.6 is 0 Å². The number of hydrogen-bond acceptors (Lipinski definition) is 10. The number of rotatable bonds is 75. The third kappa shape index (κ3) is 61.5. The highest BCUT2D eigenvalue weighted by Crippen LogP contribution is 2.24. The molecule has 1 rings (SSSR count). The zero-order chi connectivity index (χ0) is 69.4. The molecule has 1 amide bonds. The van der Waals surface area contributed by atoms with E-state index >= 15 is 0 Å². The number of carbonyl (C=O) groups is 2. The lowest BCUT2D eigenvalue weighted by Crippen LogP contribution is -2.60. The molecule has 11 nitrogen and oxygen atoms in total. The summed E-state index contributed by atoms with van der Waals surface area (Å²) >= 11 is 0. The Morgan fingerprint density at radius 2 is 0.698 bits per heavy atom. The van der Waals surface area contributed by atoms with Crippen molar-refractivity contribution in [2.45, 2.75) is 461 Å². The molecule has 1 aliphatic heterocycles. The van der Waals surface area contributed by atoms with Crippen LogP contribution in [0, 0.1) is 0 Å². The fourth-order valence-electron chi connectivity index (χ4n) is 13.3. The standard InChI is InChI=1S/C85H159NO10/c1-3-5-7-9-11-13-15-17-44-49-53-57-61-65-69-73-81(90)94-74-70-66-62-58-54-50-46-43-41-39-37-35-33-31-29-27-25-23-21-19-20-22-24-26-28-30-32-34-36-38-40-42-45-48-52-56-60-64-68-72-80(89)86-77(76-95-85-84(93)83(92)82(91)79(75-87)96-85)78(88)71-67-63-59-55-51-47-18-16-14-12-10-8-6-4-2/h17,19-20,23,25,44,67,71,77-79,82-85,87-88,91-93H,3-16,18,21-22,24,26-43,45-66,68-70,72-76H2,1-2H3,(H,86,89)/b20-19-,25-23-,44-17-,71-67+. The molecular weight excluding hydrogens is 1190 g/mol. The van der Waals surface area contributed by atoms with Gasteiger partial charge in [0.1, 0.15) is 24.4 Å².